The smallest absolute Gasteiger partial charge is 0.269 e. The van der Waals surface area contributed by atoms with Crippen molar-refractivity contribution in [2.24, 2.45) is 4.99 Å². The molecule has 3 rings (SSSR count). The number of anilines is 2. The van der Waals surface area contributed by atoms with Crippen molar-refractivity contribution >= 4 is 59.8 Å². The Morgan fingerprint density at radius 1 is 1.11 bits per heavy atom. The molecule has 0 spiro atoms. The fourth-order valence-corrected chi connectivity index (χ4v) is 2.45. The molecule has 0 atom stereocenters. The van der Waals surface area contributed by atoms with Gasteiger partial charge in [0.15, 0.2) is 4.77 Å². The van der Waals surface area contributed by atoms with Crippen molar-refractivity contribution < 1.29 is 0 Å². The van der Waals surface area contributed by atoms with Crippen LogP contribution in [0.5, 0.6) is 0 Å². The van der Waals surface area contributed by atoms with Gasteiger partial charge in [-0.2, -0.15) is 0 Å². The highest BCUT2D eigenvalue weighted by Crippen LogP contribution is 2.16. The lowest BCUT2D eigenvalue weighted by atomic mass is 10.2. The summed E-state index contributed by atoms with van der Waals surface area (Å²) < 4.78 is 0.199. The highest BCUT2D eigenvalue weighted by atomic mass is 35.5. The largest absolute Gasteiger partial charge is 0.385 e. The molecule has 0 aliphatic carbocycles. The first-order chi connectivity index (χ1) is 12.9. The number of hydrogen-bond donors (Lipinski definition) is 3. The second-order valence-corrected chi connectivity index (χ2v) is 6.30. The molecule has 136 valence electrons. The van der Waals surface area contributed by atoms with Gasteiger partial charge in [-0.15, -0.1) is 10.2 Å². The minimum absolute atomic E-state index is 0.164. The molecule has 2 heterocycles. The lowest BCUT2D eigenvalue weighted by Gasteiger charge is -2.03. The van der Waals surface area contributed by atoms with E-state index in [4.69, 9.17) is 35.3 Å². The van der Waals surface area contributed by atoms with E-state index in [-0.39, 0.29) is 22.4 Å². The van der Waals surface area contributed by atoms with Crippen LogP contribution in [0.1, 0.15) is 22.5 Å². The fraction of sp³-hybridized carbons (Fsp3) is 0.0588. The maximum absolute atomic E-state index is 5.89. The molecule has 0 unspecified atom stereocenters. The van der Waals surface area contributed by atoms with Gasteiger partial charge in [-0.3, -0.25) is 0 Å². The van der Waals surface area contributed by atoms with E-state index < -0.39 is 0 Å². The van der Waals surface area contributed by atoms with Crippen LogP contribution in [-0.4, -0.2) is 31.4 Å². The molecule has 27 heavy (non-hydrogen) atoms. The van der Waals surface area contributed by atoms with Gasteiger partial charge in [0, 0.05) is 11.2 Å². The lowest BCUT2D eigenvalue weighted by Crippen LogP contribution is -2.05. The average Bonchev–Trinajstić information content (AvgIpc) is 2.62. The maximum atomic E-state index is 5.89. The molecule has 2 aromatic heterocycles. The van der Waals surface area contributed by atoms with Crippen molar-refractivity contribution in [1.29, 1.82) is 0 Å². The molecule has 0 radical (unpaired) electrons. The van der Waals surface area contributed by atoms with Gasteiger partial charge in [0.05, 0.1) is 17.0 Å². The predicted octanol–water partition coefficient (Wildman–Crippen LogP) is 3.37. The van der Waals surface area contributed by atoms with Gasteiger partial charge in [0.2, 0.25) is 0 Å². The van der Waals surface area contributed by atoms with Crippen LogP contribution in [0, 0.1) is 11.7 Å². The normalized spacial score (nSPS) is 11.5. The number of aryl methyl sites for hydroxylation is 1. The van der Waals surface area contributed by atoms with Gasteiger partial charge >= 0.3 is 0 Å². The number of nitrogen functional groups attached to an aromatic ring is 2. The van der Waals surface area contributed by atoms with Gasteiger partial charge in [-0.1, -0.05) is 29.8 Å². The second-order valence-electron chi connectivity index (χ2n) is 5.48. The number of benzene rings is 1. The molecular formula is C17H15ClN8S. The molecule has 0 fully saturated rings. The molecule has 5 N–H and O–H groups in total. The molecule has 0 bridgehead atoms. The second kappa shape index (κ2) is 8.02. The first-order valence-corrected chi connectivity index (χ1v) is 8.55. The minimum Gasteiger partial charge on any atom is -0.385 e. The highest BCUT2D eigenvalue weighted by Gasteiger charge is 2.06. The summed E-state index contributed by atoms with van der Waals surface area (Å²) in [5.74, 6) is 0.597. The van der Waals surface area contributed by atoms with Crippen LogP contribution in [0.3, 0.4) is 0 Å². The summed E-state index contributed by atoms with van der Waals surface area (Å²) in [5.41, 5.74) is 14.4. The third kappa shape index (κ3) is 4.72. The number of aromatic nitrogens is 5. The molecule has 0 amide bonds. The van der Waals surface area contributed by atoms with Crippen LogP contribution in [0.4, 0.5) is 17.6 Å². The van der Waals surface area contributed by atoms with Crippen LogP contribution in [0.15, 0.2) is 29.3 Å². The number of H-pyrrole nitrogens is 1. The van der Waals surface area contributed by atoms with E-state index in [0.717, 1.165) is 5.56 Å². The van der Waals surface area contributed by atoms with E-state index >= 15 is 0 Å². The van der Waals surface area contributed by atoms with Crippen LogP contribution in [0.2, 0.25) is 5.02 Å². The zero-order valence-corrected chi connectivity index (χ0v) is 15.8. The van der Waals surface area contributed by atoms with Crippen LogP contribution in [-0.2, 0) is 0 Å². The average molecular weight is 399 g/mol. The molecule has 0 saturated carbocycles. The Kier molecular flexibility index (Phi) is 5.53. The number of hydrogen-bond acceptors (Lipinski definition) is 8. The number of aromatic amines is 1. The number of rotatable bonds is 4. The Bertz CT molecular complexity index is 1060. The first-order valence-electron chi connectivity index (χ1n) is 7.76. The summed E-state index contributed by atoms with van der Waals surface area (Å²) >= 11 is 10.8. The lowest BCUT2D eigenvalue weighted by molar-refractivity contribution is 0.916. The fourth-order valence-electron chi connectivity index (χ4n) is 2.12. The number of nitrogens with two attached hydrogens (primary N) is 2. The van der Waals surface area contributed by atoms with Gasteiger partial charge < -0.3 is 16.5 Å². The van der Waals surface area contributed by atoms with Crippen LogP contribution < -0.4 is 11.5 Å². The van der Waals surface area contributed by atoms with E-state index in [2.05, 4.69) is 30.1 Å². The molecule has 0 aliphatic heterocycles. The van der Waals surface area contributed by atoms with Gasteiger partial charge in [0.1, 0.15) is 11.6 Å². The molecule has 3 aromatic rings. The zero-order valence-electron chi connectivity index (χ0n) is 14.2. The molecule has 8 nitrogen and oxygen atoms in total. The number of aliphatic imine (C=N–C) groups is 1. The number of halogens is 1. The van der Waals surface area contributed by atoms with E-state index in [1.165, 1.54) is 6.21 Å². The minimum atomic E-state index is 0.164. The number of nitrogens with one attached hydrogen (secondary N) is 1. The topological polar surface area (TPSA) is 132 Å². The van der Waals surface area contributed by atoms with E-state index in [1.807, 2.05) is 43.3 Å². The molecule has 0 aliphatic rings. The Labute approximate surface area is 165 Å². The van der Waals surface area contributed by atoms with Crippen molar-refractivity contribution in [3.63, 3.8) is 0 Å². The Morgan fingerprint density at radius 2 is 1.85 bits per heavy atom. The van der Waals surface area contributed by atoms with Crippen molar-refractivity contribution in [3.05, 3.63) is 56.6 Å². The molecule has 1 aromatic carbocycles. The highest BCUT2D eigenvalue weighted by molar-refractivity contribution is 7.71. The van der Waals surface area contributed by atoms with E-state index in [9.17, 15) is 0 Å². The summed E-state index contributed by atoms with van der Waals surface area (Å²) in [4.78, 5) is 15.2. The van der Waals surface area contributed by atoms with Crippen molar-refractivity contribution in [2.75, 3.05) is 11.5 Å². The summed E-state index contributed by atoms with van der Waals surface area (Å²) in [6.45, 7) is 1.81. The SMILES string of the molecule is Cc1nnc(/N=C/c2c(N)nc(=S)[nH]c2N)nc1/C=C/c1ccc(Cl)cc1. The summed E-state index contributed by atoms with van der Waals surface area (Å²) in [6.07, 6.45) is 5.15. The molecule has 10 heteroatoms. The van der Waals surface area contributed by atoms with Gasteiger partial charge in [0.25, 0.3) is 5.95 Å². The van der Waals surface area contributed by atoms with Crippen molar-refractivity contribution in [2.45, 2.75) is 6.92 Å². The van der Waals surface area contributed by atoms with Crippen molar-refractivity contribution in [1.82, 2.24) is 25.1 Å². The monoisotopic (exact) mass is 398 g/mol. The quantitative estimate of drug-likeness (QED) is 0.453. The van der Waals surface area contributed by atoms with Crippen LogP contribution in [0.25, 0.3) is 12.2 Å². The number of nitrogens with zero attached hydrogens (tertiary/aromatic N) is 5. The van der Waals surface area contributed by atoms with Crippen molar-refractivity contribution in [3.8, 4) is 0 Å². The van der Waals surface area contributed by atoms with E-state index in [1.54, 1.807) is 0 Å². The Hall–Kier alpha value is -3.17. The summed E-state index contributed by atoms with van der Waals surface area (Å²) in [7, 11) is 0. The third-order valence-electron chi connectivity index (χ3n) is 3.52. The zero-order chi connectivity index (χ0) is 19.4. The first kappa shape index (κ1) is 18.6. The Balaban J connectivity index is 1.87. The van der Waals surface area contributed by atoms with E-state index in [0.29, 0.717) is 22.0 Å². The predicted molar refractivity (Wildman–Crippen MR) is 110 cm³/mol. The molecule has 0 saturated heterocycles. The molecular weight excluding hydrogens is 384 g/mol. The standard InChI is InChI=1S/C17H15ClN8S/c1-9-13(7-4-10-2-5-11(18)6-3-10)22-16(26-25-9)21-8-12-14(19)23-17(27)24-15(12)20/h2-8H,1H3,(H5,19,20,23,24,27)/b7-4+,21-8+. The summed E-state index contributed by atoms with van der Waals surface area (Å²) in [5, 5.41) is 8.71. The Morgan fingerprint density at radius 3 is 2.56 bits per heavy atom. The third-order valence-corrected chi connectivity index (χ3v) is 3.97. The maximum Gasteiger partial charge on any atom is 0.269 e. The van der Waals surface area contributed by atoms with Gasteiger partial charge in [-0.25, -0.2) is 15.0 Å². The summed E-state index contributed by atoms with van der Waals surface area (Å²) in [6, 6.07) is 7.44. The van der Waals surface area contributed by atoms with Gasteiger partial charge in [-0.05, 0) is 42.9 Å². The van der Waals surface area contributed by atoms with Crippen LogP contribution >= 0.6 is 23.8 Å².